The molecule has 8 heteroatoms. The van der Waals surface area contributed by atoms with Gasteiger partial charge in [0, 0.05) is 34.8 Å². The Morgan fingerprint density at radius 2 is 1.75 bits per heavy atom. The van der Waals surface area contributed by atoms with E-state index in [1.165, 1.54) is 17.4 Å². The summed E-state index contributed by atoms with van der Waals surface area (Å²) in [4.78, 5) is 39.9. The van der Waals surface area contributed by atoms with Crippen molar-refractivity contribution in [2.45, 2.75) is 13.3 Å². The summed E-state index contributed by atoms with van der Waals surface area (Å²) in [5, 5.41) is 7.72. The van der Waals surface area contributed by atoms with Crippen molar-refractivity contribution in [3.05, 3.63) is 71.2 Å². The molecule has 0 radical (unpaired) electrons. The Kier molecular flexibility index (Phi) is 6.13. The zero-order valence-electron chi connectivity index (χ0n) is 15.0. The lowest BCUT2D eigenvalue weighted by Crippen LogP contribution is -2.14. The molecule has 0 bridgehead atoms. The molecule has 0 saturated heterocycles. The van der Waals surface area contributed by atoms with E-state index in [0.717, 1.165) is 0 Å². The smallest absolute Gasteiger partial charge is 0.310 e. The third kappa shape index (κ3) is 5.01. The van der Waals surface area contributed by atoms with Crippen LogP contribution in [0.5, 0.6) is 5.75 Å². The van der Waals surface area contributed by atoms with Crippen LogP contribution in [0.3, 0.4) is 0 Å². The van der Waals surface area contributed by atoms with E-state index in [1.54, 1.807) is 61.0 Å². The van der Waals surface area contributed by atoms with Crippen LogP contribution in [0.2, 0.25) is 0 Å². The van der Waals surface area contributed by atoms with Crippen LogP contribution in [0.15, 0.2) is 60.1 Å². The second-order valence-corrected chi connectivity index (χ2v) is 6.57. The molecule has 28 heavy (non-hydrogen) atoms. The molecule has 1 aromatic heterocycles. The van der Waals surface area contributed by atoms with Crippen LogP contribution in [-0.4, -0.2) is 22.8 Å². The first-order valence-electron chi connectivity index (χ1n) is 8.48. The van der Waals surface area contributed by atoms with E-state index in [9.17, 15) is 14.4 Å². The first-order chi connectivity index (χ1) is 13.5. The fraction of sp³-hybridized carbons (Fsp3) is 0.100. The second kappa shape index (κ2) is 8.92. The van der Waals surface area contributed by atoms with Crippen molar-refractivity contribution in [1.82, 2.24) is 4.98 Å². The molecular weight excluding hydrogens is 378 g/mol. The maximum Gasteiger partial charge on any atom is 0.310 e. The number of carbonyl (C=O) groups excluding carboxylic acids is 3. The molecule has 1 heterocycles. The monoisotopic (exact) mass is 395 g/mol. The third-order valence-corrected chi connectivity index (χ3v) is 4.36. The Labute approximate surface area is 165 Å². The summed E-state index contributed by atoms with van der Waals surface area (Å²) >= 11 is 1.33. The van der Waals surface area contributed by atoms with Gasteiger partial charge in [0.15, 0.2) is 5.13 Å². The van der Waals surface area contributed by atoms with Gasteiger partial charge in [-0.1, -0.05) is 13.0 Å². The van der Waals surface area contributed by atoms with Crippen molar-refractivity contribution in [2.24, 2.45) is 0 Å². The molecule has 0 spiro atoms. The summed E-state index contributed by atoms with van der Waals surface area (Å²) in [5.41, 5.74) is 1.33. The van der Waals surface area contributed by atoms with Crippen LogP contribution < -0.4 is 15.4 Å². The van der Waals surface area contributed by atoms with Crippen LogP contribution in [0, 0.1) is 0 Å². The van der Waals surface area contributed by atoms with Gasteiger partial charge in [0.2, 0.25) is 0 Å². The van der Waals surface area contributed by atoms with Crippen LogP contribution in [0.1, 0.15) is 34.1 Å². The minimum Gasteiger partial charge on any atom is -0.427 e. The number of ether oxygens (including phenoxy) is 1. The Balaban J connectivity index is 1.63. The molecule has 2 amide bonds. The number of nitrogens with zero attached hydrogens (tertiary/aromatic N) is 1. The van der Waals surface area contributed by atoms with Crippen molar-refractivity contribution < 1.29 is 19.1 Å². The van der Waals surface area contributed by atoms with Gasteiger partial charge >= 0.3 is 5.97 Å². The molecule has 0 atom stereocenters. The van der Waals surface area contributed by atoms with Gasteiger partial charge in [0.1, 0.15) is 5.75 Å². The van der Waals surface area contributed by atoms with E-state index in [0.29, 0.717) is 27.7 Å². The lowest BCUT2D eigenvalue weighted by atomic mass is 10.1. The molecule has 0 fully saturated rings. The number of esters is 1. The lowest BCUT2D eigenvalue weighted by Gasteiger charge is -2.08. The van der Waals surface area contributed by atoms with Crippen molar-refractivity contribution in [3.63, 3.8) is 0 Å². The van der Waals surface area contributed by atoms with Crippen LogP contribution in [-0.2, 0) is 4.79 Å². The van der Waals surface area contributed by atoms with Crippen LogP contribution in [0.25, 0.3) is 0 Å². The summed E-state index contributed by atoms with van der Waals surface area (Å²) < 4.78 is 5.12. The number of rotatable bonds is 6. The largest absolute Gasteiger partial charge is 0.427 e. The Hall–Kier alpha value is -3.52. The predicted octanol–water partition coefficient (Wildman–Crippen LogP) is 3.96. The SMILES string of the molecule is CCC(=O)Oc1cccc(C(=O)Nc2ccc(C(=O)Nc3nccs3)cc2)c1. The molecule has 2 N–H and O–H groups in total. The van der Waals surface area contributed by atoms with Crippen molar-refractivity contribution in [3.8, 4) is 5.75 Å². The summed E-state index contributed by atoms with van der Waals surface area (Å²) in [7, 11) is 0. The minimum absolute atomic E-state index is 0.249. The molecular formula is C20H17N3O4S. The summed E-state index contributed by atoms with van der Waals surface area (Å²) in [5.74, 6) is -0.689. The molecule has 3 aromatic rings. The van der Waals surface area contributed by atoms with Crippen molar-refractivity contribution in [2.75, 3.05) is 10.6 Å². The highest BCUT2D eigenvalue weighted by atomic mass is 32.1. The second-order valence-electron chi connectivity index (χ2n) is 5.68. The number of hydrogen-bond donors (Lipinski definition) is 2. The maximum atomic E-state index is 12.4. The number of thiazole rings is 1. The molecule has 3 rings (SSSR count). The summed E-state index contributed by atoms with van der Waals surface area (Å²) in [6, 6.07) is 12.9. The predicted molar refractivity (Wildman–Crippen MR) is 107 cm³/mol. The summed E-state index contributed by atoms with van der Waals surface area (Å²) in [6.45, 7) is 1.69. The standard InChI is InChI=1S/C20H17N3O4S/c1-2-17(24)27-16-5-3-4-14(12-16)19(26)22-15-8-6-13(7-9-15)18(25)23-20-21-10-11-28-20/h3-12H,2H2,1H3,(H,22,26)(H,21,23,25). The van der Waals surface area contributed by atoms with E-state index in [-0.39, 0.29) is 24.2 Å². The van der Waals surface area contributed by atoms with Gasteiger partial charge in [-0.2, -0.15) is 0 Å². The summed E-state index contributed by atoms with van der Waals surface area (Å²) in [6.07, 6.45) is 1.86. The lowest BCUT2D eigenvalue weighted by molar-refractivity contribution is -0.134. The number of carbonyl (C=O) groups is 3. The number of hydrogen-bond acceptors (Lipinski definition) is 6. The van der Waals surface area contributed by atoms with Gasteiger partial charge in [-0.05, 0) is 42.5 Å². The van der Waals surface area contributed by atoms with Gasteiger partial charge in [-0.15, -0.1) is 11.3 Å². The van der Waals surface area contributed by atoms with Crippen molar-refractivity contribution in [1.29, 1.82) is 0 Å². The van der Waals surface area contributed by atoms with Crippen LogP contribution in [0.4, 0.5) is 10.8 Å². The Morgan fingerprint density at radius 3 is 2.43 bits per heavy atom. The third-order valence-electron chi connectivity index (χ3n) is 3.67. The van der Waals surface area contributed by atoms with Crippen molar-refractivity contribution >= 4 is 39.9 Å². The van der Waals surface area contributed by atoms with E-state index in [4.69, 9.17) is 4.74 Å². The minimum atomic E-state index is -0.371. The van der Waals surface area contributed by atoms with E-state index in [1.807, 2.05) is 0 Å². The van der Waals surface area contributed by atoms with Gasteiger partial charge in [-0.25, -0.2) is 4.98 Å². The molecule has 0 aliphatic rings. The molecule has 0 saturated carbocycles. The topological polar surface area (TPSA) is 97.4 Å². The number of benzene rings is 2. The van der Waals surface area contributed by atoms with E-state index < -0.39 is 0 Å². The van der Waals surface area contributed by atoms with E-state index >= 15 is 0 Å². The van der Waals surface area contributed by atoms with Gasteiger partial charge in [0.05, 0.1) is 0 Å². The molecule has 0 aliphatic carbocycles. The number of nitrogens with one attached hydrogen (secondary N) is 2. The average molecular weight is 395 g/mol. The number of aromatic nitrogens is 1. The van der Waals surface area contributed by atoms with E-state index in [2.05, 4.69) is 15.6 Å². The molecule has 0 aliphatic heterocycles. The Morgan fingerprint density at radius 1 is 1.00 bits per heavy atom. The highest BCUT2D eigenvalue weighted by Crippen LogP contribution is 2.17. The van der Waals surface area contributed by atoms with Gasteiger partial charge < -0.3 is 10.1 Å². The normalized spacial score (nSPS) is 10.2. The zero-order valence-corrected chi connectivity index (χ0v) is 15.8. The van der Waals surface area contributed by atoms with Gasteiger partial charge in [-0.3, -0.25) is 19.7 Å². The average Bonchev–Trinajstić information content (AvgIpc) is 3.21. The number of amides is 2. The zero-order chi connectivity index (χ0) is 19.9. The first-order valence-corrected chi connectivity index (χ1v) is 9.36. The molecule has 2 aromatic carbocycles. The van der Waals surface area contributed by atoms with Gasteiger partial charge in [0.25, 0.3) is 11.8 Å². The first kappa shape index (κ1) is 19.2. The maximum absolute atomic E-state index is 12.4. The number of anilines is 2. The fourth-order valence-corrected chi connectivity index (χ4v) is 2.79. The highest BCUT2D eigenvalue weighted by molar-refractivity contribution is 7.13. The van der Waals surface area contributed by atoms with Crippen LogP contribution >= 0.6 is 11.3 Å². The quantitative estimate of drug-likeness (QED) is 0.486. The fourth-order valence-electron chi connectivity index (χ4n) is 2.27. The molecule has 0 unspecified atom stereocenters. The highest BCUT2D eigenvalue weighted by Gasteiger charge is 2.11. The molecule has 142 valence electrons. The molecule has 7 nitrogen and oxygen atoms in total. The Bertz CT molecular complexity index is 985.